The molecule has 0 radical (unpaired) electrons. The van der Waals surface area contributed by atoms with E-state index in [1.807, 2.05) is 26.0 Å². The van der Waals surface area contributed by atoms with Gasteiger partial charge in [0.25, 0.3) is 11.8 Å². The van der Waals surface area contributed by atoms with E-state index in [0.29, 0.717) is 17.7 Å². The van der Waals surface area contributed by atoms with E-state index in [4.69, 9.17) is 4.74 Å². The van der Waals surface area contributed by atoms with Crippen molar-refractivity contribution in [2.24, 2.45) is 0 Å². The number of ether oxygens (including phenoxy) is 1. The first-order valence-corrected chi connectivity index (χ1v) is 10.7. The molecule has 0 aromatic heterocycles. The molecule has 7 heteroatoms. The lowest BCUT2D eigenvalue weighted by Crippen LogP contribution is -2.47. The molecule has 0 atom stereocenters. The summed E-state index contributed by atoms with van der Waals surface area (Å²) in [6, 6.07) is 15.3. The van der Waals surface area contributed by atoms with Gasteiger partial charge in [-0.2, -0.15) is 0 Å². The molecule has 4 rings (SSSR count). The van der Waals surface area contributed by atoms with Crippen LogP contribution in [0.15, 0.2) is 48.5 Å². The molecular weight excluding hydrogens is 414 g/mol. The fraction of sp³-hybridized carbons (Fsp3) is 0.417. The molecule has 2 aliphatic heterocycles. The van der Waals surface area contributed by atoms with Gasteiger partial charge in [0, 0.05) is 32.7 Å². The summed E-state index contributed by atoms with van der Waals surface area (Å²) in [7, 11) is 0. The highest BCUT2D eigenvalue weighted by atomic mass is 35.5. The van der Waals surface area contributed by atoms with Gasteiger partial charge < -0.3 is 9.64 Å². The minimum atomic E-state index is -0.165. The number of nitrogens with zero attached hydrogens (tertiary/aromatic N) is 3. The molecule has 2 aromatic carbocycles. The first kappa shape index (κ1) is 23.1. The Balaban J connectivity index is 0.00000272. The molecule has 0 saturated carbocycles. The second-order valence-corrected chi connectivity index (χ2v) is 8.12. The Morgan fingerprint density at radius 1 is 0.839 bits per heavy atom. The van der Waals surface area contributed by atoms with Crippen LogP contribution in [-0.4, -0.2) is 67.0 Å². The maximum atomic E-state index is 12.5. The van der Waals surface area contributed by atoms with Gasteiger partial charge in [0.15, 0.2) is 0 Å². The third-order valence-electron chi connectivity index (χ3n) is 5.68. The van der Waals surface area contributed by atoms with E-state index in [1.54, 1.807) is 24.3 Å². The monoisotopic (exact) mass is 443 g/mol. The van der Waals surface area contributed by atoms with Crippen LogP contribution in [0.2, 0.25) is 0 Å². The molecule has 0 aliphatic carbocycles. The van der Waals surface area contributed by atoms with E-state index >= 15 is 0 Å². The van der Waals surface area contributed by atoms with Crippen molar-refractivity contribution in [3.05, 3.63) is 59.7 Å². The maximum Gasteiger partial charge on any atom is 0.261 e. The summed E-state index contributed by atoms with van der Waals surface area (Å²) in [5.74, 6) is 0.607. The molecule has 6 nitrogen and oxygen atoms in total. The van der Waals surface area contributed by atoms with Gasteiger partial charge in [-0.1, -0.05) is 24.3 Å². The van der Waals surface area contributed by atoms with Crippen molar-refractivity contribution < 1.29 is 14.3 Å². The van der Waals surface area contributed by atoms with Crippen molar-refractivity contribution in [3.63, 3.8) is 0 Å². The third-order valence-corrected chi connectivity index (χ3v) is 5.68. The summed E-state index contributed by atoms with van der Waals surface area (Å²) in [6.45, 7) is 9.22. The second-order valence-electron chi connectivity index (χ2n) is 8.12. The van der Waals surface area contributed by atoms with Crippen LogP contribution in [0.25, 0.3) is 0 Å². The lowest BCUT2D eigenvalue weighted by Gasteiger charge is -2.37. The number of rotatable bonds is 7. The minimum Gasteiger partial charge on any atom is -0.489 e. The molecule has 2 amide bonds. The highest BCUT2D eigenvalue weighted by Crippen LogP contribution is 2.29. The number of benzene rings is 2. The zero-order valence-electron chi connectivity index (χ0n) is 18.1. The highest BCUT2D eigenvalue weighted by Gasteiger charge is 2.34. The Kier molecular flexibility index (Phi) is 7.57. The van der Waals surface area contributed by atoms with Crippen LogP contribution in [0, 0.1) is 0 Å². The Bertz CT molecular complexity index is 891. The molecule has 0 spiro atoms. The average Bonchev–Trinajstić information content (AvgIpc) is 2.99. The fourth-order valence-electron chi connectivity index (χ4n) is 4.18. The number of hydrogen-bond acceptors (Lipinski definition) is 5. The zero-order chi connectivity index (χ0) is 21.1. The summed E-state index contributed by atoms with van der Waals surface area (Å²) in [4.78, 5) is 31.1. The predicted octanol–water partition coefficient (Wildman–Crippen LogP) is 3.70. The molecule has 1 saturated heterocycles. The molecule has 0 N–H and O–H groups in total. The quantitative estimate of drug-likeness (QED) is 0.611. The van der Waals surface area contributed by atoms with Gasteiger partial charge in [-0.05, 0) is 51.1 Å². The first-order valence-electron chi connectivity index (χ1n) is 10.7. The number of halogens is 1. The molecule has 2 heterocycles. The van der Waals surface area contributed by atoms with Gasteiger partial charge in [-0.25, -0.2) is 0 Å². The van der Waals surface area contributed by atoms with E-state index in [2.05, 4.69) is 21.9 Å². The molecule has 0 unspecified atom stereocenters. The predicted molar refractivity (Wildman–Crippen MR) is 125 cm³/mol. The van der Waals surface area contributed by atoms with Crippen LogP contribution in [0.1, 0.15) is 41.0 Å². The van der Waals surface area contributed by atoms with Crippen LogP contribution < -0.4 is 9.64 Å². The molecule has 2 aromatic rings. The van der Waals surface area contributed by atoms with Crippen molar-refractivity contribution in [1.82, 2.24) is 9.80 Å². The van der Waals surface area contributed by atoms with E-state index in [0.717, 1.165) is 50.6 Å². The van der Waals surface area contributed by atoms with Gasteiger partial charge in [0.1, 0.15) is 5.75 Å². The Morgan fingerprint density at radius 3 is 2.03 bits per heavy atom. The smallest absolute Gasteiger partial charge is 0.261 e. The van der Waals surface area contributed by atoms with Crippen LogP contribution >= 0.6 is 12.4 Å². The maximum absolute atomic E-state index is 12.5. The summed E-state index contributed by atoms with van der Waals surface area (Å²) < 4.78 is 5.97. The third kappa shape index (κ3) is 5.02. The Hall–Kier alpha value is -2.57. The Morgan fingerprint density at radius 2 is 1.42 bits per heavy atom. The Labute approximate surface area is 190 Å². The van der Waals surface area contributed by atoms with E-state index in [1.165, 1.54) is 4.90 Å². The number of carbonyl (C=O) groups excluding carboxylic acids is 2. The van der Waals surface area contributed by atoms with Crippen molar-refractivity contribution in [3.8, 4) is 5.75 Å². The molecular formula is C24H30ClN3O3. The number of imide groups is 1. The van der Waals surface area contributed by atoms with E-state index in [9.17, 15) is 9.59 Å². The van der Waals surface area contributed by atoms with Crippen LogP contribution in [0.5, 0.6) is 5.75 Å². The van der Waals surface area contributed by atoms with Gasteiger partial charge in [0.2, 0.25) is 0 Å². The summed E-state index contributed by atoms with van der Waals surface area (Å²) in [5.41, 5.74) is 2.20. The van der Waals surface area contributed by atoms with Crippen LogP contribution in [-0.2, 0) is 0 Å². The zero-order valence-corrected chi connectivity index (χ0v) is 18.9. The lowest BCUT2D eigenvalue weighted by molar-refractivity contribution is 0.0647. The van der Waals surface area contributed by atoms with Crippen LogP contribution in [0.4, 0.5) is 5.69 Å². The number of para-hydroxylation sites is 2. The first-order chi connectivity index (χ1) is 14.5. The topological polar surface area (TPSA) is 53.1 Å². The summed E-state index contributed by atoms with van der Waals surface area (Å²) >= 11 is 0. The van der Waals surface area contributed by atoms with Crippen LogP contribution in [0.3, 0.4) is 0 Å². The summed E-state index contributed by atoms with van der Waals surface area (Å²) in [5, 5.41) is 0. The highest BCUT2D eigenvalue weighted by molar-refractivity contribution is 6.21. The number of amides is 2. The summed E-state index contributed by atoms with van der Waals surface area (Å²) in [6.07, 6.45) is 0.938. The van der Waals surface area contributed by atoms with E-state index < -0.39 is 0 Å². The number of hydrogen-bond donors (Lipinski definition) is 0. The normalized spacial score (nSPS) is 16.5. The van der Waals surface area contributed by atoms with Crippen molar-refractivity contribution in [2.75, 3.05) is 44.2 Å². The van der Waals surface area contributed by atoms with Gasteiger partial charge in [0.05, 0.1) is 22.9 Å². The average molecular weight is 444 g/mol. The molecule has 1 fully saturated rings. The molecule has 166 valence electrons. The van der Waals surface area contributed by atoms with Gasteiger partial charge >= 0.3 is 0 Å². The van der Waals surface area contributed by atoms with Crippen molar-refractivity contribution in [2.45, 2.75) is 26.4 Å². The molecule has 31 heavy (non-hydrogen) atoms. The number of fused-ring (bicyclic) bond motifs is 1. The van der Waals surface area contributed by atoms with Crippen molar-refractivity contribution >= 4 is 29.9 Å². The number of carbonyl (C=O) groups is 2. The van der Waals surface area contributed by atoms with Gasteiger partial charge in [-0.15, -0.1) is 12.4 Å². The fourth-order valence-corrected chi connectivity index (χ4v) is 4.18. The van der Waals surface area contributed by atoms with Crippen molar-refractivity contribution in [1.29, 1.82) is 0 Å². The molecule has 2 aliphatic rings. The number of piperazine rings is 1. The van der Waals surface area contributed by atoms with Gasteiger partial charge in [-0.3, -0.25) is 19.4 Å². The number of anilines is 1. The van der Waals surface area contributed by atoms with E-state index in [-0.39, 0.29) is 30.3 Å². The minimum absolute atomic E-state index is 0. The lowest BCUT2D eigenvalue weighted by atomic mass is 10.1. The largest absolute Gasteiger partial charge is 0.489 e. The standard InChI is InChI=1S/C24H29N3O3.ClH/c1-18(2)30-22-11-6-5-10-21(22)26-16-14-25(15-17-26)12-7-13-27-23(28)19-8-3-4-9-20(19)24(27)29;/h3-6,8-11,18H,7,12-17H2,1-2H3;1H. The second kappa shape index (κ2) is 10.2. The SMILES string of the molecule is CC(C)Oc1ccccc1N1CCN(CCCN2C(=O)c3ccccc3C2=O)CC1.Cl. The molecule has 0 bridgehead atoms.